The number of carbonyl (C=O) groups excluding carboxylic acids is 1. The highest BCUT2D eigenvalue weighted by Gasteiger charge is 2.25. The Morgan fingerprint density at radius 3 is 2.59 bits per heavy atom. The molecule has 0 radical (unpaired) electrons. The zero-order chi connectivity index (χ0) is 19.4. The Bertz CT molecular complexity index is 664. The molecule has 0 aliphatic carbocycles. The number of piperidine rings is 1. The van der Waals surface area contributed by atoms with Crippen LogP contribution in [-0.2, 0) is 13.0 Å². The highest BCUT2D eigenvalue weighted by atomic mass is 16.5. The number of nitrogens with one attached hydrogen (secondary N) is 1. The van der Waals surface area contributed by atoms with Gasteiger partial charge in [0.15, 0.2) is 11.5 Å². The van der Waals surface area contributed by atoms with Crippen LogP contribution in [0.15, 0.2) is 12.1 Å². The summed E-state index contributed by atoms with van der Waals surface area (Å²) in [7, 11) is 3.29. The molecule has 2 amide bonds. The van der Waals surface area contributed by atoms with E-state index in [1.807, 2.05) is 17.0 Å². The van der Waals surface area contributed by atoms with E-state index in [-0.39, 0.29) is 12.1 Å². The first-order valence-corrected chi connectivity index (χ1v) is 10.0. The Balaban J connectivity index is 1.57. The molecule has 2 aliphatic heterocycles. The second-order valence-electron chi connectivity index (χ2n) is 8.00. The number of methoxy groups -OCH3 is 2. The van der Waals surface area contributed by atoms with Gasteiger partial charge in [0, 0.05) is 32.2 Å². The van der Waals surface area contributed by atoms with Crippen molar-refractivity contribution in [1.29, 1.82) is 0 Å². The lowest BCUT2D eigenvalue weighted by Crippen LogP contribution is -2.50. The summed E-state index contributed by atoms with van der Waals surface area (Å²) >= 11 is 0. The Kier molecular flexibility index (Phi) is 6.47. The molecular weight excluding hydrogens is 342 g/mol. The molecule has 1 aromatic rings. The number of hydrogen-bond acceptors (Lipinski definition) is 4. The summed E-state index contributed by atoms with van der Waals surface area (Å²) in [6.45, 7) is 8.94. The van der Waals surface area contributed by atoms with E-state index in [0.29, 0.717) is 12.3 Å². The fourth-order valence-corrected chi connectivity index (χ4v) is 4.24. The van der Waals surface area contributed by atoms with Crippen LogP contribution in [0.4, 0.5) is 4.79 Å². The minimum Gasteiger partial charge on any atom is -0.493 e. The molecular formula is C21H33N3O3. The van der Waals surface area contributed by atoms with Crippen molar-refractivity contribution in [1.82, 2.24) is 15.1 Å². The van der Waals surface area contributed by atoms with E-state index in [1.165, 1.54) is 18.4 Å². The summed E-state index contributed by atoms with van der Waals surface area (Å²) in [6, 6.07) is 4.19. The molecule has 3 rings (SSSR count). The highest BCUT2D eigenvalue weighted by molar-refractivity contribution is 5.75. The maximum Gasteiger partial charge on any atom is 0.317 e. The number of benzene rings is 1. The molecule has 2 atom stereocenters. The van der Waals surface area contributed by atoms with Gasteiger partial charge in [-0.1, -0.05) is 6.92 Å². The highest BCUT2D eigenvalue weighted by Crippen LogP contribution is 2.33. The van der Waals surface area contributed by atoms with Crippen molar-refractivity contribution in [2.24, 2.45) is 5.92 Å². The third-order valence-corrected chi connectivity index (χ3v) is 5.65. The number of nitrogens with zero attached hydrogens (tertiary/aromatic N) is 2. The smallest absolute Gasteiger partial charge is 0.317 e. The standard InChI is InChI=1S/C21H33N3O3/c1-15-6-5-8-23(12-15)13-16(2)22-21(25)24-9-7-17-10-19(26-3)20(27-4)11-18(17)14-24/h10-11,15-16H,5-9,12-14H2,1-4H3,(H,22,25). The molecule has 6 heteroatoms. The van der Waals surface area contributed by atoms with Gasteiger partial charge in [-0.3, -0.25) is 0 Å². The third kappa shape index (κ3) is 4.86. The van der Waals surface area contributed by atoms with E-state index in [2.05, 4.69) is 24.1 Å². The lowest BCUT2D eigenvalue weighted by Gasteiger charge is -2.34. The summed E-state index contributed by atoms with van der Waals surface area (Å²) < 4.78 is 10.8. The Morgan fingerprint density at radius 2 is 1.93 bits per heavy atom. The molecule has 0 aromatic heterocycles. The summed E-state index contributed by atoms with van der Waals surface area (Å²) in [5.41, 5.74) is 2.36. The molecule has 27 heavy (non-hydrogen) atoms. The van der Waals surface area contributed by atoms with E-state index in [9.17, 15) is 4.79 Å². The predicted molar refractivity (Wildman–Crippen MR) is 106 cm³/mol. The normalized spacial score (nSPS) is 21.3. The molecule has 1 N–H and O–H groups in total. The Hall–Kier alpha value is -1.95. The van der Waals surface area contributed by atoms with E-state index in [4.69, 9.17) is 9.47 Å². The van der Waals surface area contributed by atoms with E-state index < -0.39 is 0 Å². The van der Waals surface area contributed by atoms with Crippen LogP contribution in [0.3, 0.4) is 0 Å². The first kappa shape index (κ1) is 19.8. The SMILES string of the molecule is COc1cc2c(cc1OC)CN(C(=O)NC(C)CN1CCCC(C)C1)CC2. The number of rotatable bonds is 5. The van der Waals surface area contributed by atoms with Crippen molar-refractivity contribution < 1.29 is 14.3 Å². The number of hydrogen-bond donors (Lipinski definition) is 1. The van der Waals surface area contributed by atoms with Crippen LogP contribution in [0.25, 0.3) is 0 Å². The molecule has 1 fully saturated rings. The summed E-state index contributed by atoms with van der Waals surface area (Å²) in [5, 5.41) is 3.18. The largest absolute Gasteiger partial charge is 0.493 e. The van der Waals surface area contributed by atoms with E-state index in [0.717, 1.165) is 49.8 Å². The predicted octanol–water partition coefficient (Wildman–Crippen LogP) is 2.89. The summed E-state index contributed by atoms with van der Waals surface area (Å²) in [6.07, 6.45) is 3.41. The average molecular weight is 376 g/mol. The molecule has 2 aliphatic rings. The lowest BCUT2D eigenvalue weighted by atomic mass is 9.99. The van der Waals surface area contributed by atoms with Gasteiger partial charge in [0.05, 0.1) is 14.2 Å². The van der Waals surface area contributed by atoms with Crippen LogP contribution in [-0.4, -0.2) is 62.3 Å². The summed E-state index contributed by atoms with van der Waals surface area (Å²) in [4.78, 5) is 17.1. The van der Waals surface area contributed by atoms with Crippen LogP contribution in [0.1, 0.15) is 37.8 Å². The maximum atomic E-state index is 12.7. The van der Waals surface area contributed by atoms with Gasteiger partial charge >= 0.3 is 6.03 Å². The fraction of sp³-hybridized carbons (Fsp3) is 0.667. The van der Waals surface area contributed by atoms with Crippen LogP contribution < -0.4 is 14.8 Å². The Labute approximate surface area is 162 Å². The van der Waals surface area contributed by atoms with Gasteiger partial charge in [-0.25, -0.2) is 4.79 Å². The molecule has 0 bridgehead atoms. The minimum atomic E-state index is 0.0213. The number of amides is 2. The van der Waals surface area contributed by atoms with Gasteiger partial charge in [0.25, 0.3) is 0 Å². The fourth-order valence-electron chi connectivity index (χ4n) is 4.24. The summed E-state index contributed by atoms with van der Waals surface area (Å²) in [5.74, 6) is 2.22. The zero-order valence-electron chi connectivity index (χ0n) is 17.1. The van der Waals surface area contributed by atoms with Crippen LogP contribution in [0.5, 0.6) is 11.5 Å². The van der Waals surface area contributed by atoms with Gasteiger partial charge in [0.1, 0.15) is 0 Å². The van der Waals surface area contributed by atoms with Gasteiger partial charge in [0.2, 0.25) is 0 Å². The molecule has 2 heterocycles. The molecule has 1 saturated heterocycles. The van der Waals surface area contributed by atoms with Gasteiger partial charge in [-0.15, -0.1) is 0 Å². The van der Waals surface area contributed by atoms with Crippen LogP contribution in [0, 0.1) is 5.92 Å². The second kappa shape index (κ2) is 8.83. The molecule has 6 nitrogen and oxygen atoms in total. The van der Waals surface area contributed by atoms with Crippen molar-refractivity contribution >= 4 is 6.03 Å². The third-order valence-electron chi connectivity index (χ3n) is 5.65. The first-order chi connectivity index (χ1) is 13.0. The second-order valence-corrected chi connectivity index (χ2v) is 8.00. The minimum absolute atomic E-state index is 0.0213. The zero-order valence-corrected chi connectivity index (χ0v) is 17.1. The number of carbonyl (C=O) groups is 1. The number of likely N-dealkylation sites (tertiary alicyclic amines) is 1. The van der Waals surface area contributed by atoms with Crippen LogP contribution >= 0.6 is 0 Å². The monoisotopic (exact) mass is 375 g/mol. The van der Waals surface area contributed by atoms with E-state index >= 15 is 0 Å². The molecule has 150 valence electrons. The topological polar surface area (TPSA) is 54.0 Å². The Morgan fingerprint density at radius 1 is 1.22 bits per heavy atom. The first-order valence-electron chi connectivity index (χ1n) is 10.0. The number of urea groups is 1. The van der Waals surface area contributed by atoms with Crippen molar-refractivity contribution in [3.63, 3.8) is 0 Å². The van der Waals surface area contributed by atoms with Gasteiger partial charge in [-0.2, -0.15) is 0 Å². The van der Waals surface area contributed by atoms with Gasteiger partial charge in [-0.05, 0) is 61.9 Å². The maximum absolute atomic E-state index is 12.7. The van der Waals surface area contributed by atoms with Crippen molar-refractivity contribution in [2.45, 2.75) is 45.7 Å². The van der Waals surface area contributed by atoms with Crippen molar-refractivity contribution in [3.8, 4) is 11.5 Å². The van der Waals surface area contributed by atoms with Crippen molar-refractivity contribution in [2.75, 3.05) is 40.4 Å². The molecule has 2 unspecified atom stereocenters. The average Bonchev–Trinajstić information content (AvgIpc) is 2.66. The molecule has 0 spiro atoms. The number of ether oxygens (including phenoxy) is 2. The molecule has 1 aromatic carbocycles. The number of fused-ring (bicyclic) bond motifs is 1. The van der Waals surface area contributed by atoms with Gasteiger partial charge < -0.3 is 24.6 Å². The van der Waals surface area contributed by atoms with E-state index in [1.54, 1.807) is 14.2 Å². The van der Waals surface area contributed by atoms with Crippen LogP contribution in [0.2, 0.25) is 0 Å². The quantitative estimate of drug-likeness (QED) is 0.860. The van der Waals surface area contributed by atoms with Crippen molar-refractivity contribution in [3.05, 3.63) is 23.3 Å². The molecule has 0 saturated carbocycles. The lowest BCUT2D eigenvalue weighted by molar-refractivity contribution is 0.160.